The molecular formula is C29H31Cl4N3O4S. The summed E-state index contributed by atoms with van der Waals surface area (Å²) in [4.78, 5) is 29.1. The molecule has 0 heterocycles. The van der Waals surface area contributed by atoms with E-state index in [1.54, 1.807) is 18.2 Å². The Morgan fingerprint density at radius 3 is 2.05 bits per heavy atom. The van der Waals surface area contributed by atoms with Crippen LogP contribution in [0.2, 0.25) is 20.1 Å². The highest BCUT2D eigenvalue weighted by molar-refractivity contribution is 7.92. The molecule has 41 heavy (non-hydrogen) atoms. The van der Waals surface area contributed by atoms with Crippen LogP contribution in [0.4, 0.5) is 5.69 Å². The molecule has 0 aliphatic carbocycles. The van der Waals surface area contributed by atoms with Crippen molar-refractivity contribution in [2.24, 2.45) is 5.92 Å². The Hall–Kier alpha value is -2.49. The Balaban J connectivity index is 2.08. The van der Waals surface area contributed by atoms with Crippen LogP contribution in [0.1, 0.15) is 25.0 Å². The molecule has 0 aromatic heterocycles. The SMILES string of the molecule is CC(C)CNC(=O)[C@H](Cc1ccccc1)N(Cc1ccc(Cl)c(Cl)c1)C(=O)CN(c1cc(Cl)cc(Cl)c1)S(C)(=O)=O. The largest absolute Gasteiger partial charge is 0.354 e. The van der Waals surface area contributed by atoms with Crippen molar-refractivity contribution in [3.8, 4) is 0 Å². The molecule has 220 valence electrons. The molecule has 0 saturated heterocycles. The minimum absolute atomic E-state index is 0.0315. The fourth-order valence-corrected chi connectivity index (χ4v) is 5.78. The lowest BCUT2D eigenvalue weighted by Gasteiger charge is -2.33. The van der Waals surface area contributed by atoms with Crippen LogP contribution in [0, 0.1) is 5.92 Å². The number of rotatable bonds is 12. The van der Waals surface area contributed by atoms with Crippen LogP contribution in [-0.2, 0) is 32.6 Å². The highest BCUT2D eigenvalue weighted by Gasteiger charge is 2.33. The molecule has 0 aliphatic heterocycles. The maximum Gasteiger partial charge on any atom is 0.244 e. The summed E-state index contributed by atoms with van der Waals surface area (Å²) in [6, 6.07) is 17.5. The number of anilines is 1. The summed E-state index contributed by atoms with van der Waals surface area (Å²) in [5.41, 5.74) is 1.56. The van der Waals surface area contributed by atoms with Gasteiger partial charge in [0.25, 0.3) is 0 Å². The quantitative estimate of drug-likeness (QED) is 0.241. The molecule has 7 nitrogen and oxygen atoms in total. The second-order valence-corrected chi connectivity index (χ2v) is 13.6. The highest BCUT2D eigenvalue weighted by atomic mass is 35.5. The molecule has 0 fully saturated rings. The van der Waals surface area contributed by atoms with Crippen LogP contribution in [0.3, 0.4) is 0 Å². The molecule has 0 spiro atoms. The Kier molecular flexibility index (Phi) is 11.8. The highest BCUT2D eigenvalue weighted by Crippen LogP contribution is 2.28. The summed E-state index contributed by atoms with van der Waals surface area (Å²) in [6.07, 6.45) is 1.18. The summed E-state index contributed by atoms with van der Waals surface area (Å²) >= 11 is 24.7. The van der Waals surface area contributed by atoms with E-state index in [2.05, 4.69) is 5.32 Å². The maximum atomic E-state index is 14.1. The number of nitrogens with zero attached hydrogens (tertiary/aromatic N) is 2. The number of hydrogen-bond donors (Lipinski definition) is 1. The molecule has 0 unspecified atom stereocenters. The molecule has 0 saturated carbocycles. The zero-order valence-electron chi connectivity index (χ0n) is 22.8. The third kappa shape index (κ3) is 9.79. The van der Waals surface area contributed by atoms with Gasteiger partial charge in [0.05, 0.1) is 22.0 Å². The Morgan fingerprint density at radius 2 is 1.49 bits per heavy atom. The van der Waals surface area contributed by atoms with Gasteiger partial charge >= 0.3 is 0 Å². The average Bonchev–Trinajstić information content (AvgIpc) is 2.89. The number of carbonyl (C=O) groups is 2. The van der Waals surface area contributed by atoms with E-state index in [0.29, 0.717) is 17.1 Å². The van der Waals surface area contributed by atoms with Gasteiger partial charge in [-0.1, -0.05) is 96.6 Å². The fraction of sp³-hybridized carbons (Fsp3) is 0.310. The average molecular weight is 659 g/mol. The van der Waals surface area contributed by atoms with Crippen LogP contribution < -0.4 is 9.62 Å². The molecule has 0 bridgehead atoms. The predicted molar refractivity (Wildman–Crippen MR) is 167 cm³/mol. The van der Waals surface area contributed by atoms with Gasteiger partial charge < -0.3 is 10.2 Å². The molecule has 1 N–H and O–H groups in total. The second kappa shape index (κ2) is 14.6. The summed E-state index contributed by atoms with van der Waals surface area (Å²) in [7, 11) is -3.96. The van der Waals surface area contributed by atoms with E-state index in [1.807, 2.05) is 44.2 Å². The number of nitrogens with one attached hydrogen (secondary N) is 1. The Bertz CT molecular complexity index is 1470. The van der Waals surface area contributed by atoms with Gasteiger partial charge in [0.2, 0.25) is 21.8 Å². The maximum absolute atomic E-state index is 14.1. The van der Waals surface area contributed by atoms with Gasteiger partial charge in [0.1, 0.15) is 12.6 Å². The van der Waals surface area contributed by atoms with Crippen molar-refractivity contribution in [2.45, 2.75) is 32.9 Å². The van der Waals surface area contributed by atoms with Crippen molar-refractivity contribution >= 4 is 73.9 Å². The van der Waals surface area contributed by atoms with E-state index in [-0.39, 0.29) is 45.5 Å². The standard InChI is InChI=1S/C29H31Cl4N3O4S/c1-19(2)16-34-29(38)27(12-20-7-5-4-6-8-20)35(17-21-9-10-25(32)26(33)11-21)28(37)18-36(41(3,39)40)24-14-22(30)13-23(31)15-24/h4-11,13-15,19,27H,12,16-18H2,1-3H3,(H,34,38)/t27-/m0/s1. The number of amides is 2. The van der Waals surface area contributed by atoms with Gasteiger partial charge in [-0.3, -0.25) is 13.9 Å². The molecule has 2 amide bonds. The normalized spacial score (nSPS) is 12.2. The van der Waals surface area contributed by atoms with E-state index in [4.69, 9.17) is 46.4 Å². The van der Waals surface area contributed by atoms with E-state index in [1.165, 1.54) is 23.1 Å². The van der Waals surface area contributed by atoms with Crippen molar-refractivity contribution in [3.63, 3.8) is 0 Å². The smallest absolute Gasteiger partial charge is 0.244 e. The first kappa shape index (κ1) is 33.0. The van der Waals surface area contributed by atoms with Crippen LogP contribution in [0.15, 0.2) is 66.7 Å². The van der Waals surface area contributed by atoms with E-state index < -0.39 is 28.5 Å². The van der Waals surface area contributed by atoms with Crippen molar-refractivity contribution in [2.75, 3.05) is 23.7 Å². The lowest BCUT2D eigenvalue weighted by molar-refractivity contribution is -0.140. The first-order chi connectivity index (χ1) is 19.2. The van der Waals surface area contributed by atoms with Crippen LogP contribution in [0.25, 0.3) is 0 Å². The molecule has 3 rings (SSSR count). The number of benzene rings is 3. The summed E-state index contributed by atoms with van der Waals surface area (Å²) in [5.74, 6) is -0.810. The summed E-state index contributed by atoms with van der Waals surface area (Å²) in [5, 5.41) is 3.96. The van der Waals surface area contributed by atoms with Gasteiger partial charge in [-0.05, 0) is 47.4 Å². The molecule has 1 atom stereocenters. The van der Waals surface area contributed by atoms with Gasteiger partial charge in [0.15, 0.2) is 0 Å². The molecule has 0 aliphatic rings. The van der Waals surface area contributed by atoms with Gasteiger partial charge in [-0.25, -0.2) is 8.42 Å². The predicted octanol–water partition coefficient (Wildman–Crippen LogP) is 6.48. The van der Waals surface area contributed by atoms with Crippen LogP contribution in [-0.4, -0.2) is 50.5 Å². The minimum Gasteiger partial charge on any atom is -0.354 e. The molecule has 0 radical (unpaired) electrons. The Morgan fingerprint density at radius 1 is 0.854 bits per heavy atom. The number of hydrogen-bond acceptors (Lipinski definition) is 4. The van der Waals surface area contributed by atoms with Gasteiger partial charge in [-0.15, -0.1) is 0 Å². The summed E-state index contributed by atoms with van der Waals surface area (Å²) in [6.45, 7) is 3.70. The molecule has 3 aromatic rings. The van der Waals surface area contributed by atoms with E-state index in [9.17, 15) is 18.0 Å². The van der Waals surface area contributed by atoms with Crippen molar-refractivity contribution < 1.29 is 18.0 Å². The van der Waals surface area contributed by atoms with E-state index >= 15 is 0 Å². The van der Waals surface area contributed by atoms with Crippen molar-refractivity contribution in [1.82, 2.24) is 10.2 Å². The summed E-state index contributed by atoms with van der Waals surface area (Å²) < 4.78 is 26.7. The number of sulfonamides is 1. The fourth-order valence-electron chi connectivity index (χ4n) is 4.11. The lowest BCUT2D eigenvalue weighted by Crippen LogP contribution is -2.53. The third-order valence-corrected chi connectivity index (χ3v) is 8.42. The molecule has 12 heteroatoms. The van der Waals surface area contributed by atoms with Crippen molar-refractivity contribution in [1.29, 1.82) is 0 Å². The lowest BCUT2D eigenvalue weighted by atomic mass is 10.0. The zero-order valence-corrected chi connectivity index (χ0v) is 26.6. The first-order valence-corrected chi connectivity index (χ1v) is 16.1. The minimum atomic E-state index is -3.96. The van der Waals surface area contributed by atoms with Gasteiger partial charge in [0, 0.05) is 29.6 Å². The molecular weight excluding hydrogens is 628 g/mol. The third-order valence-electron chi connectivity index (χ3n) is 6.11. The molecule has 3 aromatic carbocycles. The van der Waals surface area contributed by atoms with Gasteiger partial charge in [-0.2, -0.15) is 0 Å². The topological polar surface area (TPSA) is 86.8 Å². The van der Waals surface area contributed by atoms with Crippen LogP contribution >= 0.6 is 46.4 Å². The zero-order chi connectivity index (χ0) is 30.3. The Labute approximate surface area is 261 Å². The van der Waals surface area contributed by atoms with E-state index in [0.717, 1.165) is 16.1 Å². The van der Waals surface area contributed by atoms with Crippen molar-refractivity contribution in [3.05, 3.63) is 97.9 Å². The first-order valence-electron chi connectivity index (χ1n) is 12.7. The van der Waals surface area contributed by atoms with Crippen LogP contribution in [0.5, 0.6) is 0 Å². The number of halogens is 4. The second-order valence-electron chi connectivity index (χ2n) is 10.0. The monoisotopic (exact) mass is 657 g/mol. The number of carbonyl (C=O) groups excluding carboxylic acids is 2.